The van der Waals surface area contributed by atoms with Crippen molar-refractivity contribution in [2.45, 2.75) is 17.4 Å². The van der Waals surface area contributed by atoms with Crippen LogP contribution in [0.5, 0.6) is 0 Å². The average Bonchev–Trinajstić information content (AvgIpc) is 3.26. The second-order valence-electron chi connectivity index (χ2n) is 6.95. The minimum atomic E-state index is -3.97. The third kappa shape index (κ3) is 3.49. The summed E-state index contributed by atoms with van der Waals surface area (Å²) in [4.78, 5) is 4.42. The third-order valence-electron chi connectivity index (χ3n) is 4.96. The average molecular weight is 483 g/mol. The Balaban J connectivity index is 1.96. The molecule has 0 saturated heterocycles. The van der Waals surface area contributed by atoms with E-state index in [0.717, 1.165) is 14.0 Å². The van der Waals surface area contributed by atoms with Gasteiger partial charge in [0.1, 0.15) is 0 Å². The van der Waals surface area contributed by atoms with Gasteiger partial charge in [-0.15, -0.1) is 0 Å². The van der Waals surface area contributed by atoms with Crippen LogP contribution in [-0.2, 0) is 15.6 Å². The SMILES string of the molecule is Cc1ccc(S(=O)(=O)n2ccnc2C(O)(c2ccccc2)c2ccc(Br)cc2)cc1. The zero-order valence-electron chi connectivity index (χ0n) is 16.1. The highest BCUT2D eigenvalue weighted by molar-refractivity contribution is 9.10. The van der Waals surface area contributed by atoms with Gasteiger partial charge in [0.25, 0.3) is 10.0 Å². The lowest BCUT2D eigenvalue weighted by Gasteiger charge is -2.29. The van der Waals surface area contributed by atoms with Crippen molar-refractivity contribution in [2.75, 3.05) is 0 Å². The number of aryl methyl sites for hydroxylation is 1. The van der Waals surface area contributed by atoms with E-state index in [1.807, 2.05) is 13.0 Å². The van der Waals surface area contributed by atoms with Crippen LogP contribution in [0.4, 0.5) is 0 Å². The van der Waals surface area contributed by atoms with Crippen molar-refractivity contribution in [1.29, 1.82) is 0 Å². The smallest absolute Gasteiger partial charge is 0.269 e. The Labute approximate surface area is 183 Å². The zero-order chi connectivity index (χ0) is 21.4. The van der Waals surface area contributed by atoms with Crippen LogP contribution in [0.3, 0.4) is 0 Å². The summed E-state index contributed by atoms with van der Waals surface area (Å²) in [5.74, 6) is -0.00315. The molecule has 0 spiro atoms. The van der Waals surface area contributed by atoms with Gasteiger partial charge >= 0.3 is 0 Å². The molecule has 3 aromatic carbocycles. The maximum atomic E-state index is 13.4. The van der Waals surface area contributed by atoms with Crippen molar-refractivity contribution in [2.24, 2.45) is 0 Å². The standard InChI is InChI=1S/C23H19BrN2O3S/c1-17-7-13-21(14-8-17)30(28,29)26-16-15-25-22(26)23(27,18-5-3-2-4-6-18)19-9-11-20(24)12-10-19/h2-16,27H,1H3. The fourth-order valence-corrected chi connectivity index (χ4v) is 4.95. The number of nitrogens with zero attached hydrogens (tertiary/aromatic N) is 2. The number of halogens is 1. The highest BCUT2D eigenvalue weighted by Crippen LogP contribution is 2.37. The molecule has 1 unspecified atom stereocenters. The number of rotatable bonds is 5. The second-order valence-corrected chi connectivity index (χ2v) is 9.68. The van der Waals surface area contributed by atoms with E-state index in [1.165, 1.54) is 12.4 Å². The van der Waals surface area contributed by atoms with E-state index in [4.69, 9.17) is 0 Å². The molecule has 4 aromatic rings. The number of aliphatic hydroxyl groups is 1. The Morgan fingerprint density at radius 2 is 1.50 bits per heavy atom. The monoisotopic (exact) mass is 482 g/mol. The van der Waals surface area contributed by atoms with Gasteiger partial charge in [0.05, 0.1) is 4.90 Å². The van der Waals surface area contributed by atoms with Crippen molar-refractivity contribution in [1.82, 2.24) is 8.96 Å². The minimum absolute atomic E-state index is 0.00315. The number of hydrogen-bond acceptors (Lipinski definition) is 4. The Hall–Kier alpha value is -2.74. The molecule has 0 amide bonds. The van der Waals surface area contributed by atoms with E-state index in [-0.39, 0.29) is 10.7 Å². The molecule has 7 heteroatoms. The minimum Gasteiger partial charge on any atom is -0.373 e. The molecule has 0 aliphatic heterocycles. The number of imidazole rings is 1. The number of aromatic nitrogens is 2. The molecular weight excluding hydrogens is 464 g/mol. The van der Waals surface area contributed by atoms with Crippen molar-refractivity contribution in [3.05, 3.63) is 118 Å². The molecule has 152 valence electrons. The molecule has 4 rings (SSSR count). The van der Waals surface area contributed by atoms with Crippen LogP contribution < -0.4 is 0 Å². The van der Waals surface area contributed by atoms with Gasteiger partial charge in [-0.1, -0.05) is 76.1 Å². The van der Waals surface area contributed by atoms with Crippen LogP contribution in [0.1, 0.15) is 22.5 Å². The number of benzene rings is 3. The van der Waals surface area contributed by atoms with E-state index >= 15 is 0 Å². The predicted molar refractivity (Wildman–Crippen MR) is 119 cm³/mol. The molecule has 0 aliphatic carbocycles. The Bertz CT molecular complexity index is 1270. The first-order valence-electron chi connectivity index (χ1n) is 9.23. The quantitative estimate of drug-likeness (QED) is 0.455. The van der Waals surface area contributed by atoms with Gasteiger partial charge < -0.3 is 5.11 Å². The van der Waals surface area contributed by atoms with Crippen LogP contribution in [-0.4, -0.2) is 22.5 Å². The van der Waals surface area contributed by atoms with E-state index in [2.05, 4.69) is 20.9 Å². The molecule has 1 atom stereocenters. The summed E-state index contributed by atoms with van der Waals surface area (Å²) in [5.41, 5.74) is 0.196. The zero-order valence-corrected chi connectivity index (χ0v) is 18.5. The van der Waals surface area contributed by atoms with Gasteiger partial charge in [0.2, 0.25) is 0 Å². The highest BCUT2D eigenvalue weighted by atomic mass is 79.9. The molecule has 0 bridgehead atoms. The molecule has 0 saturated carbocycles. The van der Waals surface area contributed by atoms with Crippen molar-refractivity contribution in [3.63, 3.8) is 0 Å². The van der Waals surface area contributed by atoms with E-state index in [1.54, 1.807) is 72.8 Å². The highest BCUT2D eigenvalue weighted by Gasteiger charge is 2.40. The fourth-order valence-electron chi connectivity index (χ4n) is 3.36. The molecule has 0 radical (unpaired) electrons. The summed E-state index contributed by atoms with van der Waals surface area (Å²) < 4.78 is 28.7. The fraction of sp³-hybridized carbons (Fsp3) is 0.0870. The molecule has 1 N–H and O–H groups in total. The van der Waals surface area contributed by atoms with Gasteiger partial charge in [-0.2, -0.15) is 0 Å². The molecule has 5 nitrogen and oxygen atoms in total. The van der Waals surface area contributed by atoms with Crippen molar-refractivity contribution in [3.8, 4) is 0 Å². The van der Waals surface area contributed by atoms with E-state index < -0.39 is 15.6 Å². The normalized spacial score (nSPS) is 13.7. The van der Waals surface area contributed by atoms with Crippen LogP contribution in [0.2, 0.25) is 0 Å². The molecule has 0 fully saturated rings. The Kier molecular flexibility index (Phi) is 5.36. The van der Waals surface area contributed by atoms with Crippen LogP contribution in [0.25, 0.3) is 0 Å². The lowest BCUT2D eigenvalue weighted by molar-refractivity contribution is 0.115. The first-order valence-corrected chi connectivity index (χ1v) is 11.5. The summed E-state index contributed by atoms with van der Waals surface area (Å²) in [6.45, 7) is 1.89. The maximum Gasteiger partial charge on any atom is 0.269 e. The molecule has 1 heterocycles. The summed E-state index contributed by atoms with van der Waals surface area (Å²) in [6.07, 6.45) is 2.74. The second kappa shape index (κ2) is 7.83. The van der Waals surface area contributed by atoms with Crippen molar-refractivity contribution < 1.29 is 13.5 Å². The molecular formula is C23H19BrN2O3S. The Morgan fingerprint density at radius 3 is 2.13 bits per heavy atom. The van der Waals surface area contributed by atoms with Crippen LogP contribution in [0, 0.1) is 6.92 Å². The van der Waals surface area contributed by atoms with Crippen LogP contribution >= 0.6 is 15.9 Å². The predicted octanol–water partition coefficient (Wildman–Crippen LogP) is 4.48. The third-order valence-corrected chi connectivity index (χ3v) is 7.17. The first-order chi connectivity index (χ1) is 14.3. The lowest BCUT2D eigenvalue weighted by Crippen LogP contribution is -2.34. The number of hydrogen-bond donors (Lipinski definition) is 1. The summed E-state index contributed by atoms with van der Waals surface area (Å²) in [5, 5.41) is 12.0. The van der Waals surface area contributed by atoms with Gasteiger partial charge in [-0.25, -0.2) is 17.4 Å². The summed E-state index contributed by atoms with van der Waals surface area (Å²) >= 11 is 3.40. The summed E-state index contributed by atoms with van der Waals surface area (Å²) in [6, 6.07) is 22.6. The van der Waals surface area contributed by atoms with E-state index in [0.29, 0.717) is 11.1 Å². The van der Waals surface area contributed by atoms with Crippen LogP contribution in [0.15, 0.2) is 101 Å². The largest absolute Gasteiger partial charge is 0.373 e. The Morgan fingerprint density at radius 1 is 0.900 bits per heavy atom. The van der Waals surface area contributed by atoms with Gasteiger partial charge in [0, 0.05) is 16.9 Å². The van der Waals surface area contributed by atoms with Gasteiger partial charge in [0.15, 0.2) is 11.4 Å². The molecule has 1 aromatic heterocycles. The molecule has 0 aliphatic rings. The van der Waals surface area contributed by atoms with E-state index in [9.17, 15) is 13.5 Å². The van der Waals surface area contributed by atoms with Crippen molar-refractivity contribution >= 4 is 26.0 Å². The van der Waals surface area contributed by atoms with Gasteiger partial charge in [-0.05, 0) is 42.3 Å². The first kappa shape index (κ1) is 20.5. The van der Waals surface area contributed by atoms with Gasteiger partial charge in [-0.3, -0.25) is 0 Å². The summed E-state index contributed by atoms with van der Waals surface area (Å²) in [7, 11) is -3.97. The lowest BCUT2D eigenvalue weighted by atomic mass is 9.85. The maximum absolute atomic E-state index is 13.4. The molecule has 30 heavy (non-hydrogen) atoms. The topological polar surface area (TPSA) is 72.2 Å².